The van der Waals surface area contributed by atoms with Crippen molar-refractivity contribution in [1.82, 2.24) is 10.2 Å². The Kier molecular flexibility index (Phi) is 8.05. The number of piperazine rings is 1. The van der Waals surface area contributed by atoms with E-state index in [4.69, 9.17) is 0 Å². The molecule has 0 bridgehead atoms. The smallest absolute Gasteiger partial charge is 0.369 e. The summed E-state index contributed by atoms with van der Waals surface area (Å²) in [5.74, 6) is -0.247. The highest BCUT2D eigenvalue weighted by Gasteiger charge is 2.31. The fraction of sp³-hybridized carbons (Fsp3) is 0.348. The predicted molar refractivity (Wildman–Crippen MR) is 120 cm³/mol. The third-order valence-electron chi connectivity index (χ3n) is 5.39. The van der Waals surface area contributed by atoms with Crippen LogP contribution in [0.3, 0.4) is 0 Å². The number of nitro benzene ring substituents is 1. The first-order valence-corrected chi connectivity index (χ1v) is 10.6. The first kappa shape index (κ1) is 24.2. The number of halogens is 3. The topological polar surface area (TPSA) is 78.7 Å². The van der Waals surface area contributed by atoms with Crippen LogP contribution in [0.1, 0.15) is 17.5 Å². The molecule has 1 fully saturated rings. The number of nitrogens with one attached hydrogen (secondary N) is 1. The molecule has 7 nitrogen and oxygen atoms in total. The first-order valence-electron chi connectivity index (χ1n) is 10.6. The van der Waals surface area contributed by atoms with Crippen LogP contribution in [-0.2, 0) is 11.0 Å². The van der Waals surface area contributed by atoms with Gasteiger partial charge in [-0.1, -0.05) is 6.07 Å². The van der Waals surface area contributed by atoms with Crippen molar-refractivity contribution < 1.29 is 22.9 Å². The maximum atomic E-state index is 12.9. The van der Waals surface area contributed by atoms with Gasteiger partial charge in [0.1, 0.15) is 0 Å². The summed E-state index contributed by atoms with van der Waals surface area (Å²) in [6.45, 7) is 4.05. The number of non-ortho nitro benzene ring substituents is 1. The summed E-state index contributed by atoms with van der Waals surface area (Å²) in [5, 5.41) is 13.4. The summed E-state index contributed by atoms with van der Waals surface area (Å²) in [6.07, 6.45) is -0.624. The van der Waals surface area contributed by atoms with Crippen molar-refractivity contribution in [3.05, 3.63) is 75.8 Å². The number of hydrogen-bond donors (Lipinski definition) is 1. The van der Waals surface area contributed by atoms with Crippen LogP contribution in [0.4, 0.5) is 24.5 Å². The van der Waals surface area contributed by atoms with E-state index in [-0.39, 0.29) is 11.6 Å². The third kappa shape index (κ3) is 7.31. The van der Waals surface area contributed by atoms with Gasteiger partial charge in [-0.15, -0.1) is 0 Å². The third-order valence-corrected chi connectivity index (χ3v) is 5.39. The predicted octanol–water partition coefficient (Wildman–Crippen LogP) is 3.96. The van der Waals surface area contributed by atoms with E-state index >= 15 is 0 Å². The number of nitro groups is 1. The van der Waals surface area contributed by atoms with Crippen LogP contribution in [0, 0.1) is 10.1 Å². The molecule has 1 aliphatic heterocycles. The van der Waals surface area contributed by atoms with Gasteiger partial charge in [-0.3, -0.25) is 19.8 Å². The molecule has 0 unspecified atom stereocenters. The van der Waals surface area contributed by atoms with Crippen molar-refractivity contribution >= 4 is 23.4 Å². The first-order chi connectivity index (χ1) is 15.7. The fourth-order valence-corrected chi connectivity index (χ4v) is 3.56. The quantitative estimate of drug-likeness (QED) is 0.278. The zero-order chi connectivity index (χ0) is 23.8. The van der Waals surface area contributed by atoms with Gasteiger partial charge in [-0.2, -0.15) is 13.2 Å². The van der Waals surface area contributed by atoms with Crippen molar-refractivity contribution in [2.45, 2.75) is 12.6 Å². The van der Waals surface area contributed by atoms with Crippen molar-refractivity contribution in [3.63, 3.8) is 0 Å². The number of carbonyl (C=O) groups excluding carboxylic acids is 1. The average molecular weight is 462 g/mol. The van der Waals surface area contributed by atoms with E-state index < -0.39 is 16.7 Å². The van der Waals surface area contributed by atoms with Crippen molar-refractivity contribution in [2.75, 3.05) is 44.2 Å². The van der Waals surface area contributed by atoms with Crippen LogP contribution < -0.4 is 10.2 Å². The molecule has 1 aliphatic rings. The van der Waals surface area contributed by atoms with E-state index in [1.165, 1.54) is 30.3 Å². The maximum absolute atomic E-state index is 12.9. The highest BCUT2D eigenvalue weighted by atomic mass is 19.4. The monoisotopic (exact) mass is 462 g/mol. The van der Waals surface area contributed by atoms with E-state index in [0.717, 1.165) is 32.1 Å². The molecular formula is C23H25F3N4O3. The molecule has 0 aromatic heterocycles. The Balaban J connectivity index is 1.35. The fourth-order valence-electron chi connectivity index (χ4n) is 3.56. The van der Waals surface area contributed by atoms with Gasteiger partial charge in [0.15, 0.2) is 0 Å². The van der Waals surface area contributed by atoms with E-state index in [0.29, 0.717) is 30.9 Å². The van der Waals surface area contributed by atoms with E-state index in [1.807, 2.05) is 4.90 Å². The molecule has 2 aromatic rings. The van der Waals surface area contributed by atoms with Gasteiger partial charge in [0, 0.05) is 56.6 Å². The second kappa shape index (κ2) is 11.0. The lowest BCUT2D eigenvalue weighted by molar-refractivity contribution is -0.384. The summed E-state index contributed by atoms with van der Waals surface area (Å²) >= 11 is 0. The lowest BCUT2D eigenvalue weighted by atomic mass is 10.1. The Morgan fingerprint density at radius 1 is 1.09 bits per heavy atom. The number of rotatable bonds is 8. The Hall–Kier alpha value is -3.40. The van der Waals surface area contributed by atoms with Crippen LogP contribution in [0.25, 0.3) is 6.08 Å². The van der Waals surface area contributed by atoms with Gasteiger partial charge < -0.3 is 10.2 Å². The molecule has 0 aliphatic carbocycles. The van der Waals surface area contributed by atoms with Gasteiger partial charge in [0.05, 0.1) is 10.5 Å². The summed E-state index contributed by atoms with van der Waals surface area (Å²) in [5.41, 5.74) is 0.624. The molecule has 0 atom stereocenters. The number of nitrogens with zero attached hydrogens (tertiary/aromatic N) is 3. The summed E-state index contributed by atoms with van der Waals surface area (Å²) in [7, 11) is 0. The Labute approximate surface area is 189 Å². The van der Waals surface area contributed by atoms with E-state index in [2.05, 4.69) is 10.2 Å². The Morgan fingerprint density at radius 3 is 2.42 bits per heavy atom. The molecule has 0 radical (unpaired) electrons. The molecule has 1 heterocycles. The Bertz CT molecular complexity index is 985. The number of benzene rings is 2. The molecule has 3 rings (SSSR count). The highest BCUT2D eigenvalue weighted by molar-refractivity contribution is 5.91. The highest BCUT2D eigenvalue weighted by Crippen LogP contribution is 2.31. The average Bonchev–Trinajstić information content (AvgIpc) is 2.80. The minimum absolute atomic E-state index is 0.00717. The van der Waals surface area contributed by atoms with E-state index in [1.54, 1.807) is 24.3 Å². The normalized spacial score (nSPS) is 15.1. The van der Waals surface area contributed by atoms with Gasteiger partial charge in [-0.25, -0.2) is 0 Å². The van der Waals surface area contributed by atoms with Crippen LogP contribution in [0.5, 0.6) is 0 Å². The lowest BCUT2D eigenvalue weighted by Gasteiger charge is -2.36. The van der Waals surface area contributed by atoms with Crippen LogP contribution in [-0.4, -0.2) is 55.0 Å². The second-order valence-corrected chi connectivity index (χ2v) is 7.70. The van der Waals surface area contributed by atoms with Gasteiger partial charge in [0.25, 0.3) is 5.69 Å². The second-order valence-electron chi connectivity index (χ2n) is 7.70. The van der Waals surface area contributed by atoms with Gasteiger partial charge >= 0.3 is 6.18 Å². The SMILES string of the molecule is O=C(/C=C/c1ccc([N+](=O)[O-])cc1)NCCCN1CCN(c2cccc(C(F)(F)F)c2)CC1. The number of carbonyl (C=O) groups is 1. The number of hydrogen-bond acceptors (Lipinski definition) is 5. The standard InChI is InChI=1S/C23H25F3N4O3/c24-23(25,26)19-3-1-4-21(17-19)29-15-13-28(14-16-29)12-2-11-27-22(31)10-7-18-5-8-20(9-6-18)30(32)33/h1,3-10,17H,2,11-16H2,(H,27,31)/b10-7+. The molecule has 1 saturated heterocycles. The minimum atomic E-state index is -4.35. The summed E-state index contributed by atoms with van der Waals surface area (Å²) < 4.78 is 38.8. The molecule has 0 saturated carbocycles. The number of alkyl halides is 3. The van der Waals surface area contributed by atoms with Crippen LogP contribution in [0.2, 0.25) is 0 Å². The largest absolute Gasteiger partial charge is 0.416 e. The summed E-state index contributed by atoms with van der Waals surface area (Å²) in [6, 6.07) is 11.3. The molecule has 1 N–H and O–H groups in total. The van der Waals surface area contributed by atoms with Crippen LogP contribution >= 0.6 is 0 Å². The van der Waals surface area contributed by atoms with Crippen molar-refractivity contribution in [3.8, 4) is 0 Å². The zero-order valence-corrected chi connectivity index (χ0v) is 17.9. The number of amides is 1. The molecule has 0 spiro atoms. The van der Waals surface area contributed by atoms with Gasteiger partial charge in [0.2, 0.25) is 5.91 Å². The minimum Gasteiger partial charge on any atom is -0.369 e. The molecule has 33 heavy (non-hydrogen) atoms. The van der Waals surface area contributed by atoms with Crippen molar-refractivity contribution in [2.24, 2.45) is 0 Å². The molecule has 1 amide bonds. The number of anilines is 1. The summed E-state index contributed by atoms with van der Waals surface area (Å²) in [4.78, 5) is 26.3. The zero-order valence-electron chi connectivity index (χ0n) is 17.9. The van der Waals surface area contributed by atoms with Crippen LogP contribution in [0.15, 0.2) is 54.6 Å². The van der Waals surface area contributed by atoms with Crippen molar-refractivity contribution in [1.29, 1.82) is 0 Å². The lowest BCUT2D eigenvalue weighted by Crippen LogP contribution is -2.47. The van der Waals surface area contributed by atoms with Gasteiger partial charge in [-0.05, 0) is 54.9 Å². The molecule has 176 valence electrons. The Morgan fingerprint density at radius 2 is 1.79 bits per heavy atom. The molecule has 10 heteroatoms. The maximum Gasteiger partial charge on any atom is 0.416 e. The molecule has 2 aromatic carbocycles. The molecular weight excluding hydrogens is 437 g/mol. The van der Waals surface area contributed by atoms with E-state index in [9.17, 15) is 28.1 Å².